The summed E-state index contributed by atoms with van der Waals surface area (Å²) in [5.41, 5.74) is 2.66. The van der Waals surface area contributed by atoms with Gasteiger partial charge in [0.15, 0.2) is 10.9 Å². The Bertz CT molecular complexity index is 1010. The van der Waals surface area contributed by atoms with E-state index in [4.69, 9.17) is 11.6 Å². The first-order valence-corrected chi connectivity index (χ1v) is 10.3. The van der Waals surface area contributed by atoms with Crippen LogP contribution in [-0.4, -0.2) is 21.0 Å². The second kappa shape index (κ2) is 7.17. The van der Waals surface area contributed by atoms with E-state index in [2.05, 4.69) is 15.3 Å². The van der Waals surface area contributed by atoms with Crippen LogP contribution in [0.15, 0.2) is 45.5 Å². The van der Waals surface area contributed by atoms with Gasteiger partial charge in [-0.2, -0.15) is 0 Å². The summed E-state index contributed by atoms with van der Waals surface area (Å²) in [4.78, 5) is 33.3. The molecule has 4 rings (SSSR count). The first kappa shape index (κ1) is 18.3. The first-order chi connectivity index (χ1) is 12.9. The molecular weight excluding hydrogens is 382 g/mol. The monoisotopic (exact) mass is 401 g/mol. The number of nitrogens with zero attached hydrogens (tertiary/aromatic N) is 1. The van der Waals surface area contributed by atoms with E-state index in [1.807, 2.05) is 32.0 Å². The van der Waals surface area contributed by atoms with Crippen molar-refractivity contribution in [1.82, 2.24) is 9.97 Å². The molecule has 0 bridgehead atoms. The minimum atomic E-state index is -0.447. The Hall–Kier alpha value is -2.05. The highest BCUT2D eigenvalue weighted by molar-refractivity contribution is 7.99. The van der Waals surface area contributed by atoms with Gasteiger partial charge in [-0.25, -0.2) is 4.98 Å². The Morgan fingerprint density at radius 1 is 1.26 bits per heavy atom. The molecule has 0 saturated carbocycles. The molecule has 0 fully saturated rings. The molecule has 27 heavy (non-hydrogen) atoms. The molecule has 2 aromatic rings. The van der Waals surface area contributed by atoms with Crippen LogP contribution in [0.25, 0.3) is 0 Å². The summed E-state index contributed by atoms with van der Waals surface area (Å²) in [7, 11) is 0. The van der Waals surface area contributed by atoms with Crippen LogP contribution in [0.4, 0.5) is 5.82 Å². The second-order valence-corrected chi connectivity index (χ2v) is 9.08. The number of fused-ring (bicyclic) bond motifs is 1. The van der Waals surface area contributed by atoms with Gasteiger partial charge in [0, 0.05) is 33.9 Å². The minimum absolute atomic E-state index is 0.0828. The average Bonchev–Trinajstić information content (AvgIpc) is 2.59. The molecule has 7 heteroatoms. The number of hydrogen-bond acceptors (Lipinski definition) is 5. The second-order valence-electron chi connectivity index (χ2n) is 7.08. The molecule has 2 aliphatic rings. The van der Waals surface area contributed by atoms with Gasteiger partial charge in [-0.1, -0.05) is 49.3 Å². The number of aromatic nitrogens is 2. The molecule has 1 atom stereocenters. The normalized spacial score (nSPS) is 19.0. The summed E-state index contributed by atoms with van der Waals surface area (Å²) < 4.78 is 0. The number of ketones is 1. The van der Waals surface area contributed by atoms with Crippen LogP contribution in [0, 0.1) is 0 Å². The maximum atomic E-state index is 13.0. The number of benzene rings is 1. The third-order valence-corrected chi connectivity index (χ3v) is 5.89. The van der Waals surface area contributed by atoms with E-state index in [-0.39, 0.29) is 11.3 Å². The standard InChI is InChI=1S/C20H20ClN3O2S/c1-10(2)27-20-23-18-17(19(26)24-20)15(11-5-3-6-12(21)9-11)16-13(22-18)7-4-8-14(16)25/h3,5-6,9-10,15H,4,7-8H2,1-2H3,(H2,22,23,24,26). The Morgan fingerprint density at radius 2 is 2.07 bits per heavy atom. The number of halogens is 1. The lowest BCUT2D eigenvalue weighted by Gasteiger charge is -2.32. The van der Waals surface area contributed by atoms with Crippen molar-refractivity contribution in [2.75, 3.05) is 5.32 Å². The van der Waals surface area contributed by atoms with Gasteiger partial charge in [0.1, 0.15) is 5.82 Å². The van der Waals surface area contributed by atoms with Crippen molar-refractivity contribution in [3.63, 3.8) is 0 Å². The molecule has 2 N–H and O–H groups in total. The number of nitrogens with one attached hydrogen (secondary N) is 2. The van der Waals surface area contributed by atoms with E-state index in [9.17, 15) is 9.59 Å². The average molecular weight is 402 g/mol. The SMILES string of the molecule is CC(C)Sc1nc2c(c(=O)[nH]1)C(c1cccc(Cl)c1)C1=C(CCCC1=O)N2. The van der Waals surface area contributed by atoms with Gasteiger partial charge in [0.05, 0.1) is 5.56 Å². The number of thioether (sulfide) groups is 1. The zero-order valence-corrected chi connectivity index (χ0v) is 16.7. The Kier molecular flexibility index (Phi) is 4.86. The predicted octanol–water partition coefficient (Wildman–Crippen LogP) is 4.49. The number of carbonyl (C=O) groups is 1. The molecule has 2 heterocycles. The molecule has 1 aliphatic carbocycles. The third-order valence-electron chi connectivity index (χ3n) is 4.77. The summed E-state index contributed by atoms with van der Waals surface area (Å²) >= 11 is 7.71. The zero-order chi connectivity index (χ0) is 19.1. The van der Waals surface area contributed by atoms with Gasteiger partial charge in [0.2, 0.25) is 0 Å². The van der Waals surface area contributed by atoms with Crippen molar-refractivity contribution in [2.24, 2.45) is 0 Å². The maximum absolute atomic E-state index is 13.0. The van der Waals surface area contributed by atoms with Crippen molar-refractivity contribution in [3.05, 3.63) is 62.0 Å². The predicted molar refractivity (Wildman–Crippen MR) is 109 cm³/mol. The van der Waals surface area contributed by atoms with Crippen LogP contribution in [0.5, 0.6) is 0 Å². The Labute approximate surface area is 166 Å². The van der Waals surface area contributed by atoms with Crippen LogP contribution in [-0.2, 0) is 4.79 Å². The van der Waals surface area contributed by atoms with Crippen LogP contribution in [0.3, 0.4) is 0 Å². The summed E-state index contributed by atoms with van der Waals surface area (Å²) in [6.07, 6.45) is 2.08. The molecule has 140 valence electrons. The lowest BCUT2D eigenvalue weighted by atomic mass is 9.76. The fourth-order valence-corrected chi connectivity index (χ4v) is 4.68. The quantitative estimate of drug-likeness (QED) is 0.585. The van der Waals surface area contributed by atoms with Crippen molar-refractivity contribution < 1.29 is 4.79 Å². The fourth-order valence-electron chi connectivity index (χ4n) is 3.74. The molecule has 0 radical (unpaired) electrons. The minimum Gasteiger partial charge on any atom is -0.343 e. The number of H-pyrrole nitrogens is 1. The van der Waals surface area contributed by atoms with Crippen LogP contribution in [0.2, 0.25) is 5.02 Å². The number of allylic oxidation sites excluding steroid dienone is 2. The summed E-state index contributed by atoms with van der Waals surface area (Å²) in [6.45, 7) is 4.10. The molecule has 5 nitrogen and oxygen atoms in total. The zero-order valence-electron chi connectivity index (χ0n) is 15.1. The molecule has 1 unspecified atom stereocenters. The highest BCUT2D eigenvalue weighted by Gasteiger charge is 2.37. The Morgan fingerprint density at radius 3 is 2.81 bits per heavy atom. The number of rotatable bonds is 3. The Balaban J connectivity index is 1.93. The van der Waals surface area contributed by atoms with Crippen LogP contribution < -0.4 is 10.9 Å². The topological polar surface area (TPSA) is 74.8 Å². The highest BCUT2D eigenvalue weighted by Crippen LogP contribution is 2.43. The number of anilines is 1. The first-order valence-electron chi connectivity index (χ1n) is 9.03. The van der Waals surface area contributed by atoms with Gasteiger partial charge in [0.25, 0.3) is 5.56 Å². The molecular formula is C20H20ClN3O2S. The lowest BCUT2D eigenvalue weighted by Crippen LogP contribution is -2.32. The van der Waals surface area contributed by atoms with Crippen molar-refractivity contribution in [1.29, 1.82) is 0 Å². The lowest BCUT2D eigenvalue weighted by molar-refractivity contribution is -0.116. The molecule has 0 amide bonds. The maximum Gasteiger partial charge on any atom is 0.257 e. The molecule has 1 aliphatic heterocycles. The number of aromatic amines is 1. The van der Waals surface area contributed by atoms with E-state index < -0.39 is 5.92 Å². The molecule has 1 aromatic heterocycles. The molecule has 0 spiro atoms. The molecule has 1 aromatic carbocycles. The van der Waals surface area contributed by atoms with Crippen LogP contribution >= 0.6 is 23.4 Å². The summed E-state index contributed by atoms with van der Waals surface area (Å²) in [6, 6.07) is 7.37. The number of hydrogen-bond donors (Lipinski definition) is 2. The smallest absolute Gasteiger partial charge is 0.257 e. The van der Waals surface area contributed by atoms with Gasteiger partial charge in [-0.15, -0.1) is 0 Å². The highest BCUT2D eigenvalue weighted by atomic mass is 35.5. The van der Waals surface area contributed by atoms with E-state index in [1.54, 1.807) is 6.07 Å². The van der Waals surface area contributed by atoms with E-state index in [0.717, 1.165) is 24.1 Å². The number of Topliss-reactive ketones (excluding diaryl/α,β-unsaturated/α-hetero) is 1. The largest absolute Gasteiger partial charge is 0.343 e. The van der Waals surface area contributed by atoms with Gasteiger partial charge < -0.3 is 10.3 Å². The van der Waals surface area contributed by atoms with Crippen molar-refractivity contribution in [3.8, 4) is 0 Å². The van der Waals surface area contributed by atoms with E-state index in [0.29, 0.717) is 38.8 Å². The van der Waals surface area contributed by atoms with E-state index >= 15 is 0 Å². The third kappa shape index (κ3) is 3.44. The van der Waals surface area contributed by atoms with Crippen molar-refractivity contribution in [2.45, 2.75) is 49.4 Å². The van der Waals surface area contributed by atoms with Gasteiger partial charge >= 0.3 is 0 Å². The van der Waals surface area contributed by atoms with Gasteiger partial charge in [-0.05, 0) is 30.5 Å². The summed E-state index contributed by atoms with van der Waals surface area (Å²) in [5.74, 6) is 0.178. The van der Waals surface area contributed by atoms with Crippen LogP contribution in [0.1, 0.15) is 50.2 Å². The fraction of sp³-hybridized carbons (Fsp3) is 0.350. The number of carbonyl (C=O) groups excluding carboxylic acids is 1. The summed E-state index contributed by atoms with van der Waals surface area (Å²) in [5, 5.41) is 4.73. The molecule has 0 saturated heterocycles. The van der Waals surface area contributed by atoms with Gasteiger partial charge in [-0.3, -0.25) is 9.59 Å². The van der Waals surface area contributed by atoms with Crippen molar-refractivity contribution >= 4 is 35.0 Å². The van der Waals surface area contributed by atoms with E-state index in [1.165, 1.54) is 11.8 Å².